The molecule has 0 bridgehead atoms. The Kier molecular flexibility index (Phi) is 5.22. The molecule has 0 spiro atoms. The fourth-order valence-corrected chi connectivity index (χ4v) is 3.29. The van der Waals surface area contributed by atoms with Gasteiger partial charge in [-0.25, -0.2) is 4.98 Å². The monoisotopic (exact) mass is 417 g/mol. The van der Waals surface area contributed by atoms with Gasteiger partial charge >= 0.3 is 5.97 Å². The van der Waals surface area contributed by atoms with Crippen molar-refractivity contribution in [2.45, 2.75) is 6.54 Å². The normalized spacial score (nSPS) is 10.7. The summed E-state index contributed by atoms with van der Waals surface area (Å²) in [6.07, 6.45) is 1.65. The van der Waals surface area contributed by atoms with Crippen LogP contribution in [0.3, 0.4) is 0 Å². The molecule has 0 aliphatic heterocycles. The number of rotatable bonds is 6. The third kappa shape index (κ3) is 3.55. The Balaban J connectivity index is 2.08. The number of halogens is 1. The molecule has 0 atom stereocenters. The van der Waals surface area contributed by atoms with E-state index < -0.39 is 18.4 Å². The summed E-state index contributed by atoms with van der Waals surface area (Å²) in [5.74, 6) is -1.37. The first kappa shape index (κ1) is 17.9. The predicted molar refractivity (Wildman–Crippen MR) is 99.5 cm³/mol. The van der Waals surface area contributed by atoms with Crippen LogP contribution in [0.5, 0.6) is 5.75 Å². The Morgan fingerprint density at radius 1 is 1.31 bits per heavy atom. The molecule has 7 nitrogen and oxygen atoms in total. The highest BCUT2D eigenvalue weighted by Crippen LogP contribution is 2.35. The highest BCUT2D eigenvalue weighted by molar-refractivity contribution is 9.10. The number of carboxylic acids is 1. The van der Waals surface area contributed by atoms with Crippen LogP contribution in [0.2, 0.25) is 0 Å². The smallest absolute Gasteiger partial charge is 0.322 e. The number of imidazole rings is 1. The second-order valence-electron chi connectivity index (χ2n) is 5.57. The first-order valence-electron chi connectivity index (χ1n) is 7.76. The maximum absolute atomic E-state index is 12.5. The number of ether oxygens (including phenoxy) is 1. The number of carbonyl (C=O) groups excluding carboxylic acids is 1. The number of aliphatic carboxylic acids is 1. The maximum atomic E-state index is 12.5. The summed E-state index contributed by atoms with van der Waals surface area (Å²) < 4.78 is 7.84. The van der Waals surface area contributed by atoms with Crippen molar-refractivity contribution in [2.24, 2.45) is 0 Å². The minimum Gasteiger partial charge on any atom is -0.495 e. The summed E-state index contributed by atoms with van der Waals surface area (Å²) in [5.41, 5.74) is 2.48. The van der Waals surface area contributed by atoms with E-state index in [9.17, 15) is 9.59 Å². The number of fused-ring (bicyclic) bond motifs is 1. The zero-order valence-corrected chi connectivity index (χ0v) is 15.5. The number of nitrogens with one attached hydrogen (secondary N) is 1. The minimum absolute atomic E-state index is 0.199. The number of nitrogens with zero attached hydrogens (tertiary/aromatic N) is 2. The van der Waals surface area contributed by atoms with Crippen molar-refractivity contribution in [1.29, 1.82) is 0 Å². The average molecular weight is 418 g/mol. The van der Waals surface area contributed by atoms with Gasteiger partial charge in [-0.05, 0) is 27.6 Å². The lowest BCUT2D eigenvalue weighted by atomic mass is 10.1. The molecule has 3 aromatic rings. The van der Waals surface area contributed by atoms with E-state index in [0.717, 1.165) is 11.1 Å². The lowest BCUT2D eigenvalue weighted by Gasteiger charge is -2.12. The summed E-state index contributed by atoms with van der Waals surface area (Å²) in [5, 5.41) is 11.2. The fraction of sp³-hybridized carbons (Fsp3) is 0.167. The Bertz CT molecular complexity index is 969. The topological polar surface area (TPSA) is 93.5 Å². The lowest BCUT2D eigenvalue weighted by Crippen LogP contribution is -2.29. The Hall–Kier alpha value is -2.87. The van der Waals surface area contributed by atoms with E-state index in [1.807, 2.05) is 41.0 Å². The molecule has 0 aliphatic rings. The first-order valence-corrected chi connectivity index (χ1v) is 8.55. The zero-order valence-electron chi connectivity index (χ0n) is 13.9. The maximum Gasteiger partial charge on any atom is 0.322 e. The van der Waals surface area contributed by atoms with Gasteiger partial charge in [0, 0.05) is 6.54 Å². The second kappa shape index (κ2) is 7.57. The molecule has 0 radical (unpaired) electrons. The molecule has 0 fully saturated rings. The molecule has 0 aliphatic carbocycles. The van der Waals surface area contributed by atoms with E-state index >= 15 is 0 Å². The lowest BCUT2D eigenvalue weighted by molar-refractivity contribution is -0.135. The van der Waals surface area contributed by atoms with Crippen LogP contribution >= 0.6 is 15.9 Å². The summed E-state index contributed by atoms with van der Waals surface area (Å²) >= 11 is 3.42. The molecule has 0 unspecified atom stereocenters. The molecule has 1 heterocycles. The number of hydrogen-bond acceptors (Lipinski definition) is 4. The van der Waals surface area contributed by atoms with Crippen molar-refractivity contribution >= 4 is 38.8 Å². The number of methoxy groups -OCH3 is 1. The summed E-state index contributed by atoms with van der Waals surface area (Å²) in [6.45, 7) is 0.104. The Labute approximate surface area is 157 Å². The third-order valence-corrected chi connectivity index (χ3v) is 4.44. The predicted octanol–water partition coefficient (Wildman–Crippen LogP) is 2.67. The Morgan fingerprint density at radius 2 is 2.04 bits per heavy atom. The van der Waals surface area contributed by atoms with Crippen LogP contribution in [-0.4, -0.2) is 40.2 Å². The summed E-state index contributed by atoms with van der Waals surface area (Å²) in [7, 11) is 1.45. The van der Waals surface area contributed by atoms with Crippen molar-refractivity contribution in [3.8, 4) is 5.75 Å². The highest BCUT2D eigenvalue weighted by atomic mass is 79.9. The summed E-state index contributed by atoms with van der Waals surface area (Å²) in [4.78, 5) is 27.7. The van der Waals surface area contributed by atoms with Crippen LogP contribution in [0.25, 0.3) is 11.0 Å². The van der Waals surface area contributed by atoms with E-state index in [1.165, 1.54) is 7.11 Å². The molecule has 1 aromatic heterocycles. The van der Waals surface area contributed by atoms with Gasteiger partial charge in [0.05, 0.1) is 23.4 Å². The van der Waals surface area contributed by atoms with Gasteiger partial charge in [0.2, 0.25) is 0 Å². The number of benzene rings is 2. The van der Waals surface area contributed by atoms with Crippen LogP contribution in [0.4, 0.5) is 0 Å². The van der Waals surface area contributed by atoms with Gasteiger partial charge in [0.1, 0.15) is 23.4 Å². The van der Waals surface area contributed by atoms with Gasteiger partial charge in [0.25, 0.3) is 5.91 Å². The SMILES string of the molecule is COc1c(Br)cc2c(ncn2Cc2ccccc2)c1C(=O)NCC(=O)O. The van der Waals surface area contributed by atoms with E-state index in [-0.39, 0.29) is 5.56 Å². The first-order chi connectivity index (χ1) is 12.5. The second-order valence-corrected chi connectivity index (χ2v) is 6.42. The van der Waals surface area contributed by atoms with Crippen molar-refractivity contribution in [1.82, 2.24) is 14.9 Å². The van der Waals surface area contributed by atoms with E-state index in [4.69, 9.17) is 9.84 Å². The summed E-state index contributed by atoms with van der Waals surface area (Å²) in [6, 6.07) is 11.7. The molecule has 2 N–H and O–H groups in total. The van der Waals surface area contributed by atoms with Gasteiger partial charge < -0.3 is 19.7 Å². The van der Waals surface area contributed by atoms with Crippen LogP contribution in [0.1, 0.15) is 15.9 Å². The molecule has 3 rings (SSSR count). The molecule has 0 saturated carbocycles. The molecular weight excluding hydrogens is 402 g/mol. The van der Waals surface area contributed by atoms with Crippen LogP contribution < -0.4 is 10.1 Å². The molecule has 0 saturated heterocycles. The van der Waals surface area contributed by atoms with Gasteiger partial charge in [-0.15, -0.1) is 0 Å². The standard InChI is InChI=1S/C18H16BrN3O4/c1-26-17-12(19)7-13-16(15(17)18(25)20-8-14(23)24)21-10-22(13)9-11-5-3-2-4-6-11/h2-7,10H,8-9H2,1H3,(H,20,25)(H,23,24). The number of carbonyl (C=O) groups is 2. The quantitative estimate of drug-likeness (QED) is 0.642. The Morgan fingerprint density at radius 3 is 2.69 bits per heavy atom. The fourth-order valence-electron chi connectivity index (χ4n) is 2.71. The van der Waals surface area contributed by atoms with Crippen molar-refractivity contribution in [2.75, 3.05) is 13.7 Å². The van der Waals surface area contributed by atoms with Gasteiger partial charge in [-0.2, -0.15) is 0 Å². The van der Waals surface area contributed by atoms with Crippen LogP contribution in [0, 0.1) is 0 Å². The van der Waals surface area contributed by atoms with Gasteiger partial charge in [0.15, 0.2) is 0 Å². The van der Waals surface area contributed by atoms with E-state index in [0.29, 0.717) is 22.3 Å². The largest absolute Gasteiger partial charge is 0.495 e. The molecule has 2 aromatic carbocycles. The highest BCUT2D eigenvalue weighted by Gasteiger charge is 2.23. The van der Waals surface area contributed by atoms with Crippen molar-refractivity contribution < 1.29 is 19.4 Å². The molecule has 134 valence electrons. The van der Waals surface area contributed by atoms with E-state index in [1.54, 1.807) is 6.33 Å². The van der Waals surface area contributed by atoms with Gasteiger partial charge in [-0.1, -0.05) is 30.3 Å². The zero-order chi connectivity index (χ0) is 18.7. The molecule has 1 amide bonds. The van der Waals surface area contributed by atoms with Crippen molar-refractivity contribution in [3.05, 3.63) is 58.3 Å². The van der Waals surface area contributed by atoms with Crippen LogP contribution in [-0.2, 0) is 11.3 Å². The van der Waals surface area contributed by atoms with E-state index in [2.05, 4.69) is 26.2 Å². The van der Waals surface area contributed by atoms with Gasteiger partial charge in [-0.3, -0.25) is 9.59 Å². The van der Waals surface area contributed by atoms with Crippen molar-refractivity contribution in [3.63, 3.8) is 0 Å². The molecule has 8 heteroatoms. The minimum atomic E-state index is -1.13. The van der Waals surface area contributed by atoms with Crippen LogP contribution in [0.15, 0.2) is 47.2 Å². The molecular formula is C18H16BrN3O4. The number of aromatic nitrogens is 2. The third-order valence-electron chi connectivity index (χ3n) is 3.85. The average Bonchev–Trinajstić information content (AvgIpc) is 3.01. The molecule has 26 heavy (non-hydrogen) atoms. The number of amides is 1. The number of hydrogen-bond donors (Lipinski definition) is 2. The number of carboxylic acid groups (broad SMARTS) is 1.